The summed E-state index contributed by atoms with van der Waals surface area (Å²) in [6.07, 6.45) is 0.184. The average molecular weight is 372 g/mol. The monoisotopic (exact) mass is 372 g/mol. The highest BCUT2D eigenvalue weighted by atomic mass is 32.2. The van der Waals surface area contributed by atoms with Crippen LogP contribution in [-0.4, -0.2) is 50.3 Å². The van der Waals surface area contributed by atoms with Gasteiger partial charge in [0.1, 0.15) is 5.60 Å². The summed E-state index contributed by atoms with van der Waals surface area (Å²) in [6.45, 7) is 5.09. The Labute approximate surface area is 148 Å². The molecule has 9 heteroatoms. The summed E-state index contributed by atoms with van der Waals surface area (Å²) in [5.41, 5.74) is 5.56. The number of nitrogens with two attached hydrogens (primary N) is 1. The van der Waals surface area contributed by atoms with E-state index in [0.29, 0.717) is 5.56 Å². The van der Waals surface area contributed by atoms with Gasteiger partial charge in [0.05, 0.1) is 12.9 Å². The first-order chi connectivity index (χ1) is 11.4. The van der Waals surface area contributed by atoms with E-state index >= 15 is 0 Å². The minimum Gasteiger partial charge on any atom is -0.443 e. The SMILES string of the molecule is CC(C)(C)OC(=O)N(CCN)C(=O)c1ccc(COS(C)(=O)=O)cc1. The molecule has 1 aromatic carbocycles. The summed E-state index contributed by atoms with van der Waals surface area (Å²) in [5.74, 6) is -0.546. The second kappa shape index (κ2) is 8.41. The fourth-order valence-corrected chi connectivity index (χ4v) is 2.15. The zero-order valence-corrected chi connectivity index (χ0v) is 15.6. The first-order valence-electron chi connectivity index (χ1n) is 7.61. The van der Waals surface area contributed by atoms with Gasteiger partial charge >= 0.3 is 6.09 Å². The molecule has 0 heterocycles. The Morgan fingerprint density at radius 1 is 1.16 bits per heavy atom. The largest absolute Gasteiger partial charge is 0.443 e. The van der Waals surface area contributed by atoms with Gasteiger partial charge in [0.25, 0.3) is 16.0 Å². The first-order valence-corrected chi connectivity index (χ1v) is 9.43. The Morgan fingerprint density at radius 3 is 2.16 bits per heavy atom. The molecule has 25 heavy (non-hydrogen) atoms. The number of amides is 2. The van der Waals surface area contributed by atoms with Crippen molar-refractivity contribution in [1.29, 1.82) is 0 Å². The lowest BCUT2D eigenvalue weighted by Gasteiger charge is -2.26. The van der Waals surface area contributed by atoms with E-state index in [1.807, 2.05) is 0 Å². The van der Waals surface area contributed by atoms with Crippen molar-refractivity contribution >= 4 is 22.1 Å². The zero-order chi connectivity index (χ0) is 19.3. The molecular weight excluding hydrogens is 348 g/mol. The summed E-state index contributed by atoms with van der Waals surface area (Å²) in [6, 6.07) is 6.07. The highest BCUT2D eigenvalue weighted by molar-refractivity contribution is 7.85. The third-order valence-electron chi connectivity index (χ3n) is 2.85. The fraction of sp³-hybridized carbons (Fsp3) is 0.500. The number of rotatable bonds is 6. The topological polar surface area (TPSA) is 116 Å². The molecular formula is C16H24N2O6S. The van der Waals surface area contributed by atoms with Gasteiger partial charge in [0.2, 0.25) is 0 Å². The Morgan fingerprint density at radius 2 is 1.72 bits per heavy atom. The first kappa shape index (κ1) is 21.1. The predicted octanol–water partition coefficient (Wildman–Crippen LogP) is 1.50. The van der Waals surface area contributed by atoms with Gasteiger partial charge in [-0.3, -0.25) is 8.98 Å². The third-order valence-corrected chi connectivity index (χ3v) is 3.40. The Balaban J connectivity index is 2.89. The molecule has 0 spiro atoms. The number of hydrogen-bond donors (Lipinski definition) is 1. The van der Waals surface area contributed by atoms with Crippen molar-refractivity contribution in [2.24, 2.45) is 5.73 Å². The van der Waals surface area contributed by atoms with Crippen LogP contribution in [0.4, 0.5) is 4.79 Å². The predicted molar refractivity (Wildman–Crippen MR) is 92.4 cm³/mol. The van der Waals surface area contributed by atoms with Crippen molar-refractivity contribution in [3.8, 4) is 0 Å². The van der Waals surface area contributed by atoms with Crippen molar-refractivity contribution in [2.75, 3.05) is 19.3 Å². The standard InChI is InChI=1S/C16H24N2O6S/c1-16(2,3)24-15(20)18(10-9-17)14(19)13-7-5-12(6-8-13)11-23-25(4,21)22/h5-8H,9-11,17H2,1-4H3. The van der Waals surface area contributed by atoms with E-state index in [0.717, 1.165) is 11.2 Å². The Hall–Kier alpha value is -1.97. The molecule has 0 saturated heterocycles. The maximum Gasteiger partial charge on any atom is 0.417 e. The molecule has 0 aliphatic heterocycles. The van der Waals surface area contributed by atoms with Crippen molar-refractivity contribution in [3.05, 3.63) is 35.4 Å². The highest BCUT2D eigenvalue weighted by Crippen LogP contribution is 2.14. The van der Waals surface area contributed by atoms with Gasteiger partial charge < -0.3 is 10.5 Å². The zero-order valence-electron chi connectivity index (χ0n) is 14.8. The van der Waals surface area contributed by atoms with Gasteiger partial charge in [0, 0.05) is 18.7 Å². The molecule has 0 aromatic heterocycles. The lowest BCUT2D eigenvalue weighted by atomic mass is 10.1. The van der Waals surface area contributed by atoms with Crippen molar-refractivity contribution in [3.63, 3.8) is 0 Å². The number of carbonyl (C=O) groups excluding carboxylic acids is 2. The second-order valence-corrected chi connectivity index (χ2v) is 8.03. The van der Waals surface area contributed by atoms with Crippen LogP contribution in [0.1, 0.15) is 36.7 Å². The lowest BCUT2D eigenvalue weighted by molar-refractivity contribution is 0.0246. The summed E-state index contributed by atoms with van der Waals surface area (Å²) >= 11 is 0. The lowest BCUT2D eigenvalue weighted by Crippen LogP contribution is -2.43. The molecule has 2 N–H and O–H groups in total. The average Bonchev–Trinajstić information content (AvgIpc) is 2.48. The van der Waals surface area contributed by atoms with Crippen LogP contribution in [0.3, 0.4) is 0 Å². The smallest absolute Gasteiger partial charge is 0.417 e. The van der Waals surface area contributed by atoms with E-state index < -0.39 is 27.7 Å². The summed E-state index contributed by atoms with van der Waals surface area (Å²) in [4.78, 5) is 25.7. The van der Waals surface area contributed by atoms with Crippen LogP contribution in [0, 0.1) is 0 Å². The van der Waals surface area contributed by atoms with E-state index in [4.69, 9.17) is 10.5 Å². The van der Waals surface area contributed by atoms with Gasteiger partial charge in [-0.2, -0.15) is 8.42 Å². The van der Waals surface area contributed by atoms with Gasteiger partial charge in [-0.25, -0.2) is 9.69 Å². The van der Waals surface area contributed by atoms with Crippen LogP contribution in [0.2, 0.25) is 0 Å². The maximum absolute atomic E-state index is 12.5. The fourth-order valence-electron chi connectivity index (χ4n) is 1.80. The van der Waals surface area contributed by atoms with Gasteiger partial charge in [-0.1, -0.05) is 12.1 Å². The van der Waals surface area contributed by atoms with E-state index in [-0.39, 0.29) is 25.3 Å². The van der Waals surface area contributed by atoms with Crippen LogP contribution in [0.5, 0.6) is 0 Å². The number of imide groups is 1. The quantitative estimate of drug-likeness (QED) is 0.752. The molecule has 0 bridgehead atoms. The molecule has 0 atom stereocenters. The molecule has 0 saturated carbocycles. The van der Waals surface area contributed by atoms with Gasteiger partial charge in [-0.15, -0.1) is 0 Å². The number of hydrogen-bond acceptors (Lipinski definition) is 7. The number of carbonyl (C=O) groups is 2. The van der Waals surface area contributed by atoms with Crippen molar-refractivity contribution < 1.29 is 26.9 Å². The van der Waals surface area contributed by atoms with Crippen molar-refractivity contribution in [1.82, 2.24) is 4.90 Å². The minimum atomic E-state index is -3.55. The Bertz CT molecular complexity index is 707. The van der Waals surface area contributed by atoms with E-state index in [9.17, 15) is 18.0 Å². The number of nitrogens with zero attached hydrogens (tertiary/aromatic N) is 1. The van der Waals surface area contributed by atoms with Crippen LogP contribution < -0.4 is 5.73 Å². The molecule has 1 rings (SSSR count). The maximum atomic E-state index is 12.5. The van der Waals surface area contributed by atoms with Gasteiger partial charge in [-0.05, 0) is 38.5 Å². The van der Waals surface area contributed by atoms with Crippen molar-refractivity contribution in [2.45, 2.75) is 33.0 Å². The molecule has 2 amide bonds. The van der Waals surface area contributed by atoms with Crippen LogP contribution in [0.25, 0.3) is 0 Å². The van der Waals surface area contributed by atoms with E-state index in [1.54, 1.807) is 32.9 Å². The molecule has 0 aliphatic carbocycles. The highest BCUT2D eigenvalue weighted by Gasteiger charge is 2.27. The molecule has 0 aliphatic rings. The summed E-state index contributed by atoms with van der Waals surface area (Å²) in [5, 5.41) is 0. The second-order valence-electron chi connectivity index (χ2n) is 6.39. The minimum absolute atomic E-state index is 0.0205. The van der Waals surface area contributed by atoms with Crippen LogP contribution in [0.15, 0.2) is 24.3 Å². The molecule has 8 nitrogen and oxygen atoms in total. The van der Waals surface area contributed by atoms with Crippen LogP contribution >= 0.6 is 0 Å². The molecule has 1 aromatic rings. The number of benzene rings is 1. The van der Waals surface area contributed by atoms with Gasteiger partial charge in [0.15, 0.2) is 0 Å². The summed E-state index contributed by atoms with van der Waals surface area (Å²) < 4.78 is 31.9. The normalized spacial score (nSPS) is 11.9. The van der Waals surface area contributed by atoms with E-state index in [1.165, 1.54) is 12.1 Å². The van der Waals surface area contributed by atoms with Crippen LogP contribution in [-0.2, 0) is 25.6 Å². The third kappa shape index (κ3) is 7.63. The van der Waals surface area contributed by atoms with E-state index in [2.05, 4.69) is 4.18 Å². The summed E-state index contributed by atoms with van der Waals surface area (Å²) in [7, 11) is -3.55. The molecule has 0 fully saturated rings. The Kier molecular flexibility index (Phi) is 7.09. The number of ether oxygens (including phenoxy) is 1. The molecule has 0 radical (unpaired) electrons. The molecule has 140 valence electrons. The molecule has 0 unspecified atom stereocenters.